The molecule has 0 aromatic carbocycles. The van der Waals surface area contributed by atoms with Gasteiger partial charge in [0.05, 0.1) is 23.3 Å². The predicted octanol–water partition coefficient (Wildman–Crippen LogP) is 3.35. The van der Waals surface area contributed by atoms with Crippen LogP contribution in [-0.2, 0) is 13.6 Å². The summed E-state index contributed by atoms with van der Waals surface area (Å²) in [6, 6.07) is 5.54. The van der Waals surface area contributed by atoms with E-state index in [9.17, 15) is 4.79 Å². The number of carbonyl (C=O) groups excluding carboxylic acids is 1. The number of nitrogens with zero attached hydrogens (tertiary/aromatic N) is 4. The summed E-state index contributed by atoms with van der Waals surface area (Å²) in [4.78, 5) is 12.3. The Balaban J connectivity index is 1.82. The van der Waals surface area contributed by atoms with Crippen LogP contribution in [0.4, 0.5) is 0 Å². The summed E-state index contributed by atoms with van der Waals surface area (Å²) in [7, 11) is 1.86. The zero-order valence-corrected chi connectivity index (χ0v) is 14.4. The second kappa shape index (κ2) is 6.92. The fourth-order valence-electron chi connectivity index (χ4n) is 2.46. The highest BCUT2D eigenvalue weighted by molar-refractivity contribution is 7.99. The summed E-state index contributed by atoms with van der Waals surface area (Å²) in [5.74, 6) is 1.86. The van der Waals surface area contributed by atoms with E-state index in [-0.39, 0.29) is 5.78 Å². The van der Waals surface area contributed by atoms with Gasteiger partial charge in [0, 0.05) is 19.8 Å². The van der Waals surface area contributed by atoms with Crippen molar-refractivity contribution in [3.63, 3.8) is 0 Å². The number of hydrogen-bond acceptors (Lipinski definition) is 5. The van der Waals surface area contributed by atoms with Crippen molar-refractivity contribution in [3.05, 3.63) is 54.8 Å². The number of ketones is 1. The summed E-state index contributed by atoms with van der Waals surface area (Å²) >= 11 is 1.37. The third-order valence-electron chi connectivity index (χ3n) is 3.69. The first kappa shape index (κ1) is 16.3. The predicted molar refractivity (Wildman–Crippen MR) is 93.1 cm³/mol. The van der Waals surface area contributed by atoms with Gasteiger partial charge in [0.25, 0.3) is 0 Å². The molecule has 24 heavy (non-hydrogen) atoms. The molecule has 0 aliphatic carbocycles. The van der Waals surface area contributed by atoms with Crippen molar-refractivity contribution in [2.45, 2.75) is 18.6 Å². The van der Waals surface area contributed by atoms with Gasteiger partial charge in [0.1, 0.15) is 5.76 Å². The van der Waals surface area contributed by atoms with Crippen LogP contribution in [0.25, 0.3) is 11.4 Å². The molecule has 0 aliphatic rings. The van der Waals surface area contributed by atoms with Crippen molar-refractivity contribution in [2.24, 2.45) is 7.05 Å². The molecule has 0 unspecified atom stereocenters. The van der Waals surface area contributed by atoms with Crippen LogP contribution in [-0.4, -0.2) is 30.9 Å². The average Bonchev–Trinajstić information content (AvgIpc) is 3.26. The number of rotatable bonds is 7. The molecule has 0 N–H and O–H groups in total. The van der Waals surface area contributed by atoms with Gasteiger partial charge in [-0.05, 0) is 25.1 Å². The maximum atomic E-state index is 12.3. The summed E-state index contributed by atoms with van der Waals surface area (Å²) in [5.41, 5.74) is 1.58. The van der Waals surface area contributed by atoms with Crippen LogP contribution in [0.5, 0.6) is 0 Å². The first-order valence-corrected chi connectivity index (χ1v) is 8.46. The number of aromatic nitrogens is 4. The molecule has 0 radical (unpaired) electrons. The number of aryl methyl sites for hydroxylation is 2. The highest BCUT2D eigenvalue weighted by Gasteiger charge is 2.18. The molecule has 0 spiro atoms. The summed E-state index contributed by atoms with van der Waals surface area (Å²) in [6.45, 7) is 6.24. The van der Waals surface area contributed by atoms with Crippen LogP contribution in [0.1, 0.15) is 16.2 Å². The highest BCUT2D eigenvalue weighted by atomic mass is 32.2. The van der Waals surface area contributed by atoms with Gasteiger partial charge in [-0.15, -0.1) is 16.8 Å². The number of furan rings is 1. The summed E-state index contributed by atoms with van der Waals surface area (Å²) < 4.78 is 9.11. The third kappa shape index (κ3) is 3.07. The minimum atomic E-state index is 0.0571. The lowest BCUT2D eigenvalue weighted by atomic mass is 10.2. The Morgan fingerprint density at radius 2 is 2.25 bits per heavy atom. The zero-order valence-electron chi connectivity index (χ0n) is 13.6. The molecule has 0 fully saturated rings. The number of allylic oxidation sites excluding steroid dienone is 1. The van der Waals surface area contributed by atoms with E-state index in [1.54, 1.807) is 12.3 Å². The van der Waals surface area contributed by atoms with Crippen LogP contribution in [0, 0.1) is 6.92 Å². The second-order valence-corrected chi connectivity index (χ2v) is 6.25. The van der Waals surface area contributed by atoms with E-state index in [1.165, 1.54) is 11.8 Å². The Labute approximate surface area is 144 Å². The molecule has 3 heterocycles. The van der Waals surface area contributed by atoms with E-state index in [0.29, 0.717) is 23.1 Å². The van der Waals surface area contributed by atoms with Crippen LogP contribution < -0.4 is 0 Å². The van der Waals surface area contributed by atoms with Gasteiger partial charge in [-0.25, -0.2) is 0 Å². The zero-order chi connectivity index (χ0) is 17.1. The van der Waals surface area contributed by atoms with E-state index in [0.717, 1.165) is 17.1 Å². The number of hydrogen-bond donors (Lipinski definition) is 0. The van der Waals surface area contributed by atoms with Crippen molar-refractivity contribution in [1.82, 2.24) is 19.3 Å². The molecular formula is C17H18N4O2S. The quantitative estimate of drug-likeness (QED) is 0.374. The molecule has 3 aromatic rings. The molecule has 3 rings (SSSR count). The Morgan fingerprint density at radius 1 is 1.42 bits per heavy atom. The summed E-state index contributed by atoms with van der Waals surface area (Å²) in [5, 5.41) is 9.19. The van der Waals surface area contributed by atoms with Gasteiger partial charge in [-0.2, -0.15) is 0 Å². The minimum absolute atomic E-state index is 0.0571. The monoisotopic (exact) mass is 342 g/mol. The standard InChI is InChI=1S/C17H18N4O2S/c1-4-8-21-16(13-7-10-23-12(13)2)18-19-17(21)24-11-15(22)14-6-5-9-20(14)3/h4-7,9-10H,1,8,11H2,2-3H3. The SMILES string of the molecule is C=CCn1c(SCC(=O)c2cccn2C)nnc1-c1ccoc1C. The van der Waals surface area contributed by atoms with Crippen molar-refractivity contribution in [1.29, 1.82) is 0 Å². The van der Waals surface area contributed by atoms with Gasteiger partial charge in [0.2, 0.25) is 0 Å². The summed E-state index contributed by atoms with van der Waals surface area (Å²) in [6.07, 6.45) is 5.27. The maximum Gasteiger partial charge on any atom is 0.192 e. The van der Waals surface area contributed by atoms with Crippen LogP contribution in [0.15, 0.2) is 52.9 Å². The molecule has 0 saturated heterocycles. The minimum Gasteiger partial charge on any atom is -0.469 e. The molecule has 6 nitrogen and oxygen atoms in total. The van der Waals surface area contributed by atoms with Gasteiger partial charge in [-0.1, -0.05) is 17.8 Å². The largest absolute Gasteiger partial charge is 0.469 e. The van der Waals surface area contributed by atoms with Gasteiger partial charge >= 0.3 is 0 Å². The first-order valence-electron chi connectivity index (χ1n) is 7.47. The fraction of sp³-hybridized carbons (Fsp3) is 0.235. The van der Waals surface area contributed by atoms with Crippen molar-refractivity contribution in [2.75, 3.05) is 5.75 Å². The first-order chi connectivity index (χ1) is 11.6. The molecule has 7 heteroatoms. The molecule has 0 atom stereocenters. The smallest absolute Gasteiger partial charge is 0.192 e. The van der Waals surface area contributed by atoms with Crippen LogP contribution in [0.2, 0.25) is 0 Å². The molecule has 0 aliphatic heterocycles. The Bertz CT molecular complexity index is 875. The van der Waals surface area contributed by atoms with Gasteiger partial charge < -0.3 is 8.98 Å². The molecule has 0 amide bonds. The Kier molecular flexibility index (Phi) is 4.71. The van der Waals surface area contributed by atoms with Gasteiger partial charge in [0.15, 0.2) is 16.8 Å². The molecule has 0 saturated carbocycles. The van der Waals surface area contributed by atoms with E-state index in [4.69, 9.17) is 4.42 Å². The molecule has 3 aromatic heterocycles. The fourth-order valence-corrected chi connectivity index (χ4v) is 3.28. The normalized spacial score (nSPS) is 10.9. The topological polar surface area (TPSA) is 65.8 Å². The number of carbonyl (C=O) groups is 1. The maximum absolute atomic E-state index is 12.3. The Hall–Kier alpha value is -2.54. The van der Waals surface area contributed by atoms with E-state index < -0.39 is 0 Å². The lowest BCUT2D eigenvalue weighted by Crippen LogP contribution is -2.09. The van der Waals surface area contributed by atoms with E-state index >= 15 is 0 Å². The van der Waals surface area contributed by atoms with Crippen LogP contribution >= 0.6 is 11.8 Å². The van der Waals surface area contributed by atoms with Crippen molar-refractivity contribution < 1.29 is 9.21 Å². The number of Topliss-reactive ketones (excluding diaryl/α,β-unsaturated/α-hetero) is 1. The highest BCUT2D eigenvalue weighted by Crippen LogP contribution is 2.27. The third-order valence-corrected chi connectivity index (χ3v) is 4.66. The van der Waals surface area contributed by atoms with E-state index in [2.05, 4.69) is 16.8 Å². The van der Waals surface area contributed by atoms with E-state index in [1.807, 2.05) is 47.5 Å². The lowest BCUT2D eigenvalue weighted by molar-refractivity contribution is 0.101. The number of thioether (sulfide) groups is 1. The van der Waals surface area contributed by atoms with Crippen molar-refractivity contribution in [3.8, 4) is 11.4 Å². The Morgan fingerprint density at radius 3 is 2.88 bits per heavy atom. The lowest BCUT2D eigenvalue weighted by Gasteiger charge is -2.07. The molecular weight excluding hydrogens is 324 g/mol. The molecule has 0 bridgehead atoms. The second-order valence-electron chi connectivity index (χ2n) is 5.31. The van der Waals surface area contributed by atoms with Gasteiger partial charge in [-0.3, -0.25) is 9.36 Å². The van der Waals surface area contributed by atoms with Crippen molar-refractivity contribution >= 4 is 17.5 Å². The van der Waals surface area contributed by atoms with Crippen LogP contribution in [0.3, 0.4) is 0 Å². The molecule has 124 valence electrons. The average molecular weight is 342 g/mol.